The first-order valence-electron chi connectivity index (χ1n) is 9.98. The second-order valence-electron chi connectivity index (χ2n) is 8.00. The Morgan fingerprint density at radius 3 is 2.67 bits per heavy atom. The van der Waals surface area contributed by atoms with Crippen molar-refractivity contribution in [1.82, 2.24) is 19.9 Å². The van der Waals surface area contributed by atoms with Crippen molar-refractivity contribution in [3.05, 3.63) is 53.6 Å². The third-order valence-corrected chi connectivity index (χ3v) is 5.66. The predicted octanol–water partition coefficient (Wildman–Crippen LogP) is 3.97. The van der Waals surface area contributed by atoms with E-state index in [0.717, 1.165) is 22.7 Å². The molecule has 1 unspecified atom stereocenters. The second kappa shape index (κ2) is 7.52. The Hall–Kier alpha value is -3.51. The van der Waals surface area contributed by atoms with Gasteiger partial charge in [0.15, 0.2) is 5.65 Å². The van der Waals surface area contributed by atoms with Crippen LogP contribution in [0, 0.1) is 17.6 Å². The lowest BCUT2D eigenvalue weighted by Crippen LogP contribution is -2.33. The van der Waals surface area contributed by atoms with Crippen molar-refractivity contribution in [3.63, 3.8) is 0 Å². The van der Waals surface area contributed by atoms with Gasteiger partial charge in [0, 0.05) is 24.6 Å². The van der Waals surface area contributed by atoms with Crippen LogP contribution in [0.4, 0.5) is 42.6 Å². The molecule has 0 spiro atoms. The molecular formula is C20H16F6N6O. The number of amides is 2. The van der Waals surface area contributed by atoms with E-state index in [4.69, 9.17) is 0 Å². The topological polar surface area (TPSA) is 74.6 Å². The Balaban J connectivity index is 1.46. The zero-order valence-corrected chi connectivity index (χ0v) is 16.7. The molecule has 1 aromatic carbocycles. The molecule has 0 radical (unpaired) electrons. The second-order valence-corrected chi connectivity index (χ2v) is 8.00. The summed E-state index contributed by atoms with van der Waals surface area (Å²) >= 11 is 0. The number of halogens is 6. The van der Waals surface area contributed by atoms with E-state index >= 15 is 0 Å². The summed E-state index contributed by atoms with van der Waals surface area (Å²) in [5.74, 6) is -5.42. The van der Waals surface area contributed by atoms with E-state index in [-0.39, 0.29) is 30.0 Å². The molecule has 3 heterocycles. The van der Waals surface area contributed by atoms with E-state index in [1.54, 1.807) is 0 Å². The monoisotopic (exact) mass is 470 g/mol. The Bertz CT molecular complexity index is 1250. The summed E-state index contributed by atoms with van der Waals surface area (Å²) < 4.78 is 83.8. The molecule has 2 amide bonds. The molecule has 2 aromatic heterocycles. The number of nitrogens with zero attached hydrogens (tertiary/aromatic N) is 4. The minimum atomic E-state index is -3.01. The van der Waals surface area contributed by atoms with Crippen molar-refractivity contribution >= 4 is 23.2 Å². The molecule has 7 nitrogen and oxygen atoms in total. The fourth-order valence-electron chi connectivity index (χ4n) is 3.94. The van der Waals surface area contributed by atoms with Crippen LogP contribution in [0.2, 0.25) is 0 Å². The lowest BCUT2D eigenvalue weighted by atomic mass is 10.0. The first kappa shape index (κ1) is 21.3. The van der Waals surface area contributed by atoms with E-state index in [9.17, 15) is 31.1 Å². The average Bonchev–Trinajstić information content (AvgIpc) is 3.05. The maximum atomic E-state index is 14.4. The van der Waals surface area contributed by atoms with Crippen molar-refractivity contribution < 1.29 is 31.1 Å². The Kier molecular flexibility index (Phi) is 4.87. The number of urea groups is 1. The molecular weight excluding hydrogens is 454 g/mol. The number of rotatable bonds is 4. The van der Waals surface area contributed by atoms with Gasteiger partial charge in [0.2, 0.25) is 0 Å². The number of alkyl halides is 3. The van der Waals surface area contributed by atoms with E-state index < -0.39 is 59.9 Å². The van der Waals surface area contributed by atoms with Crippen LogP contribution in [0.15, 0.2) is 30.5 Å². The number of anilines is 2. The molecule has 1 saturated heterocycles. The number of carbonyl (C=O) groups is 1. The molecule has 2 aliphatic rings. The van der Waals surface area contributed by atoms with Crippen LogP contribution in [-0.2, 0) is 0 Å². The highest BCUT2D eigenvalue weighted by molar-refractivity contribution is 5.93. The summed E-state index contributed by atoms with van der Waals surface area (Å²) in [6.07, 6.45) is -0.703. The normalized spacial score (nSPS) is 23.7. The lowest BCUT2D eigenvalue weighted by molar-refractivity contribution is 0.108. The van der Waals surface area contributed by atoms with Crippen LogP contribution in [0.1, 0.15) is 24.4 Å². The molecule has 5 rings (SSSR count). The van der Waals surface area contributed by atoms with Gasteiger partial charge in [0.1, 0.15) is 35.4 Å². The molecule has 1 aliphatic carbocycles. The van der Waals surface area contributed by atoms with Crippen LogP contribution in [0.5, 0.6) is 0 Å². The number of hydrogen-bond donors (Lipinski definition) is 2. The van der Waals surface area contributed by atoms with Gasteiger partial charge in [0.05, 0.1) is 12.6 Å². The number of fused-ring (bicyclic) bond motifs is 1. The molecule has 2 fully saturated rings. The van der Waals surface area contributed by atoms with Gasteiger partial charge < -0.3 is 15.5 Å². The van der Waals surface area contributed by atoms with Crippen molar-refractivity contribution in [2.24, 2.45) is 0 Å². The highest BCUT2D eigenvalue weighted by Gasteiger charge is 2.58. The minimum absolute atomic E-state index is 0.0559. The van der Waals surface area contributed by atoms with Gasteiger partial charge >= 0.3 is 6.03 Å². The summed E-state index contributed by atoms with van der Waals surface area (Å²) in [6.45, 7) is -0.180. The molecule has 0 bridgehead atoms. The summed E-state index contributed by atoms with van der Waals surface area (Å²) in [5, 5.41) is 7.71. The van der Waals surface area contributed by atoms with E-state index in [0.29, 0.717) is 0 Å². The summed E-state index contributed by atoms with van der Waals surface area (Å²) in [5.41, 5.74) is -0.703. The lowest BCUT2D eigenvalue weighted by Gasteiger charge is -2.26. The largest absolute Gasteiger partial charge is 0.346 e. The van der Waals surface area contributed by atoms with Crippen LogP contribution < -0.4 is 15.5 Å². The van der Waals surface area contributed by atoms with E-state index in [2.05, 4.69) is 15.4 Å². The van der Waals surface area contributed by atoms with Crippen molar-refractivity contribution in [2.75, 3.05) is 16.8 Å². The van der Waals surface area contributed by atoms with Crippen LogP contribution >= 0.6 is 0 Å². The quantitative estimate of drug-likeness (QED) is 0.566. The van der Waals surface area contributed by atoms with Gasteiger partial charge in [-0.2, -0.15) is 4.39 Å². The third-order valence-electron chi connectivity index (χ3n) is 5.66. The fourth-order valence-corrected chi connectivity index (χ4v) is 3.94. The first-order valence-corrected chi connectivity index (χ1v) is 9.98. The standard InChI is InChI=1S/C20H16F6N6O/c21-9-1-2-12(23)11(5-9)13-6-10(22)8-31(13)15-3-4-32-18(28-15)16(17(24)30-32)29-19(33)27-14-7-20(14,25)26/h1-5,10,13-14H,6-8H2,(H2,27,29,33)/t10-,13+,14?/m0/s1. The molecule has 174 valence electrons. The maximum Gasteiger partial charge on any atom is 0.319 e. The fraction of sp³-hybridized carbons (Fsp3) is 0.350. The van der Waals surface area contributed by atoms with Crippen LogP contribution in [0.25, 0.3) is 5.65 Å². The molecule has 3 aromatic rings. The molecule has 1 aliphatic heterocycles. The summed E-state index contributed by atoms with van der Waals surface area (Å²) in [6, 6.07) is 0.965. The zero-order valence-electron chi connectivity index (χ0n) is 16.7. The number of carbonyl (C=O) groups excluding carboxylic acids is 1. The smallest absolute Gasteiger partial charge is 0.319 e. The molecule has 33 heavy (non-hydrogen) atoms. The van der Waals surface area contributed by atoms with Gasteiger partial charge in [-0.05, 0) is 24.3 Å². The van der Waals surface area contributed by atoms with Gasteiger partial charge in [-0.1, -0.05) is 0 Å². The SMILES string of the molecule is O=C(Nc1c(F)nn2ccc(N3C[C@@H](F)C[C@@H]3c3cc(F)ccc3F)nc12)NC1CC1(F)F. The Morgan fingerprint density at radius 1 is 1.18 bits per heavy atom. The molecule has 1 saturated carbocycles. The number of nitrogens with one attached hydrogen (secondary N) is 2. The number of aromatic nitrogens is 3. The summed E-state index contributed by atoms with van der Waals surface area (Å²) in [4.78, 5) is 17.6. The van der Waals surface area contributed by atoms with Crippen molar-refractivity contribution in [1.29, 1.82) is 0 Å². The Morgan fingerprint density at radius 2 is 1.94 bits per heavy atom. The average molecular weight is 470 g/mol. The highest BCUT2D eigenvalue weighted by atomic mass is 19.3. The van der Waals surface area contributed by atoms with Crippen molar-refractivity contribution in [2.45, 2.75) is 37.0 Å². The van der Waals surface area contributed by atoms with E-state index in [1.807, 2.05) is 5.32 Å². The minimum Gasteiger partial charge on any atom is -0.346 e. The third kappa shape index (κ3) is 3.91. The summed E-state index contributed by atoms with van der Waals surface area (Å²) in [7, 11) is 0. The van der Waals surface area contributed by atoms with Crippen molar-refractivity contribution in [3.8, 4) is 0 Å². The maximum absolute atomic E-state index is 14.4. The molecule has 3 atom stereocenters. The van der Waals surface area contributed by atoms with E-state index in [1.165, 1.54) is 17.2 Å². The predicted molar refractivity (Wildman–Crippen MR) is 104 cm³/mol. The first-order chi connectivity index (χ1) is 15.6. The van der Waals surface area contributed by atoms with Crippen LogP contribution in [-0.4, -0.2) is 45.3 Å². The highest BCUT2D eigenvalue weighted by Crippen LogP contribution is 2.42. The zero-order chi connectivity index (χ0) is 23.5. The van der Waals surface area contributed by atoms with Gasteiger partial charge in [-0.15, -0.1) is 5.10 Å². The molecule has 13 heteroatoms. The van der Waals surface area contributed by atoms with Gasteiger partial charge in [0.25, 0.3) is 11.9 Å². The van der Waals surface area contributed by atoms with Crippen LogP contribution in [0.3, 0.4) is 0 Å². The number of benzene rings is 1. The molecule has 2 N–H and O–H groups in total. The Labute approximate surface area is 182 Å². The number of hydrogen-bond acceptors (Lipinski definition) is 4. The van der Waals surface area contributed by atoms with Gasteiger partial charge in [-0.3, -0.25) is 0 Å². The van der Waals surface area contributed by atoms with Gasteiger partial charge in [-0.25, -0.2) is 36.2 Å².